The molecule has 154 valence electrons. The summed E-state index contributed by atoms with van der Waals surface area (Å²) in [6.45, 7) is 0.478. The molecule has 1 aromatic carbocycles. The molecule has 4 aromatic heterocycles. The Labute approximate surface area is 185 Å². The number of hydrogen-bond acceptors (Lipinski definition) is 7. The van der Waals surface area contributed by atoms with Crippen LogP contribution in [-0.4, -0.2) is 51.3 Å². The Morgan fingerprint density at radius 2 is 1.84 bits per heavy atom. The third-order valence-corrected chi connectivity index (χ3v) is 5.16. The van der Waals surface area contributed by atoms with E-state index in [2.05, 4.69) is 41.2 Å². The monoisotopic (exact) mass is 476 g/mol. The van der Waals surface area contributed by atoms with Gasteiger partial charge in [-0.3, -0.25) is 4.68 Å². The van der Waals surface area contributed by atoms with Gasteiger partial charge in [0.2, 0.25) is 0 Å². The Kier molecular flexibility index (Phi) is 5.23. The van der Waals surface area contributed by atoms with E-state index in [-0.39, 0.29) is 6.61 Å². The van der Waals surface area contributed by atoms with Gasteiger partial charge in [-0.05, 0) is 39.7 Å². The van der Waals surface area contributed by atoms with Crippen molar-refractivity contribution >= 4 is 21.6 Å². The van der Waals surface area contributed by atoms with Crippen LogP contribution in [-0.2, 0) is 13.0 Å². The minimum absolute atomic E-state index is 0.0352. The van der Waals surface area contributed by atoms with Gasteiger partial charge in [-0.15, -0.1) is 10.2 Å². The van der Waals surface area contributed by atoms with Crippen LogP contribution in [0.3, 0.4) is 0 Å². The fourth-order valence-corrected chi connectivity index (χ4v) is 3.49. The molecule has 9 nitrogen and oxygen atoms in total. The van der Waals surface area contributed by atoms with E-state index in [1.165, 1.54) is 0 Å². The Morgan fingerprint density at radius 3 is 2.68 bits per heavy atom. The maximum Gasteiger partial charge on any atom is 0.177 e. The van der Waals surface area contributed by atoms with Gasteiger partial charge in [0.1, 0.15) is 0 Å². The number of aliphatic hydroxyl groups is 1. The highest BCUT2D eigenvalue weighted by molar-refractivity contribution is 9.10. The van der Waals surface area contributed by atoms with Crippen LogP contribution in [0.2, 0.25) is 0 Å². The zero-order chi connectivity index (χ0) is 21.2. The van der Waals surface area contributed by atoms with Gasteiger partial charge in [-0.1, -0.05) is 18.2 Å². The zero-order valence-corrected chi connectivity index (χ0v) is 17.9. The number of hydrogen-bond donors (Lipinski definition) is 1. The summed E-state index contributed by atoms with van der Waals surface area (Å²) < 4.78 is 4.27. The van der Waals surface area contributed by atoms with Gasteiger partial charge in [0, 0.05) is 36.1 Å². The molecule has 0 fully saturated rings. The van der Waals surface area contributed by atoms with Crippen molar-refractivity contribution in [1.29, 1.82) is 0 Å². The summed E-state index contributed by atoms with van der Waals surface area (Å²) in [6.07, 6.45) is 7.61. The van der Waals surface area contributed by atoms with Crippen molar-refractivity contribution in [2.45, 2.75) is 13.0 Å². The van der Waals surface area contributed by atoms with Gasteiger partial charge in [0.15, 0.2) is 17.3 Å². The second-order valence-corrected chi connectivity index (χ2v) is 7.84. The van der Waals surface area contributed by atoms with Gasteiger partial charge in [-0.25, -0.2) is 9.97 Å². The summed E-state index contributed by atoms with van der Waals surface area (Å²) in [5, 5.41) is 26.6. The van der Waals surface area contributed by atoms with Crippen LogP contribution in [0.5, 0.6) is 0 Å². The van der Waals surface area contributed by atoms with Crippen molar-refractivity contribution in [3.63, 3.8) is 0 Å². The topological polar surface area (TPSA) is 107 Å². The van der Waals surface area contributed by atoms with E-state index in [9.17, 15) is 0 Å². The maximum atomic E-state index is 9.09. The SMILES string of the molecule is OCCn1cc(-c2ccc3nnc(Cc4cccc(-c5ncc(Br)cn5)c4)n3n2)cn1. The van der Waals surface area contributed by atoms with E-state index in [1.807, 2.05) is 42.6 Å². The molecule has 0 amide bonds. The molecule has 5 rings (SSSR count). The highest BCUT2D eigenvalue weighted by Crippen LogP contribution is 2.20. The maximum absolute atomic E-state index is 9.09. The molecule has 0 unspecified atom stereocenters. The average molecular weight is 477 g/mol. The normalized spacial score (nSPS) is 11.3. The predicted molar refractivity (Wildman–Crippen MR) is 117 cm³/mol. The first kappa shape index (κ1) is 19.5. The molecule has 5 aromatic rings. The first-order chi connectivity index (χ1) is 15.2. The van der Waals surface area contributed by atoms with Gasteiger partial charge in [0.25, 0.3) is 0 Å². The molecule has 0 spiro atoms. The number of benzene rings is 1. The first-order valence-corrected chi connectivity index (χ1v) is 10.4. The van der Waals surface area contributed by atoms with E-state index >= 15 is 0 Å². The lowest BCUT2D eigenvalue weighted by atomic mass is 10.1. The molecular weight excluding hydrogens is 460 g/mol. The van der Waals surface area contributed by atoms with Crippen molar-refractivity contribution in [2.75, 3.05) is 6.61 Å². The van der Waals surface area contributed by atoms with E-state index in [0.29, 0.717) is 24.4 Å². The molecule has 0 aliphatic rings. The van der Waals surface area contributed by atoms with E-state index < -0.39 is 0 Å². The highest BCUT2D eigenvalue weighted by Gasteiger charge is 2.12. The summed E-state index contributed by atoms with van der Waals surface area (Å²) in [5.74, 6) is 1.39. The zero-order valence-electron chi connectivity index (χ0n) is 16.3. The van der Waals surface area contributed by atoms with Crippen LogP contribution < -0.4 is 0 Å². The Morgan fingerprint density at radius 1 is 0.968 bits per heavy atom. The fourth-order valence-electron chi connectivity index (χ4n) is 3.28. The van der Waals surface area contributed by atoms with Gasteiger partial charge >= 0.3 is 0 Å². The van der Waals surface area contributed by atoms with Crippen LogP contribution in [0, 0.1) is 0 Å². The molecule has 0 aliphatic heterocycles. The molecule has 31 heavy (non-hydrogen) atoms. The van der Waals surface area contributed by atoms with Crippen LogP contribution in [0.15, 0.2) is 65.7 Å². The molecular formula is C21H17BrN8O. The Balaban J connectivity index is 1.45. The van der Waals surface area contributed by atoms with Crippen molar-refractivity contribution in [2.24, 2.45) is 0 Å². The fraction of sp³-hybridized carbons (Fsp3) is 0.143. The summed E-state index contributed by atoms with van der Waals surface area (Å²) >= 11 is 3.36. The minimum atomic E-state index is 0.0352. The first-order valence-electron chi connectivity index (χ1n) is 9.61. The Bertz CT molecular complexity index is 1350. The van der Waals surface area contributed by atoms with Crippen molar-refractivity contribution in [3.8, 4) is 22.6 Å². The van der Waals surface area contributed by atoms with E-state index in [0.717, 1.165) is 32.7 Å². The predicted octanol–water partition coefficient (Wildman–Crippen LogP) is 2.79. The minimum Gasteiger partial charge on any atom is -0.394 e. The second kappa shape index (κ2) is 8.32. The molecule has 0 saturated heterocycles. The molecule has 0 aliphatic carbocycles. The number of aromatic nitrogens is 8. The number of aliphatic hydroxyl groups excluding tert-OH is 1. The third kappa shape index (κ3) is 4.07. The van der Waals surface area contributed by atoms with E-state index in [4.69, 9.17) is 10.2 Å². The number of fused-ring (bicyclic) bond motifs is 1. The highest BCUT2D eigenvalue weighted by atomic mass is 79.9. The van der Waals surface area contributed by atoms with Gasteiger partial charge in [-0.2, -0.15) is 14.7 Å². The van der Waals surface area contributed by atoms with Crippen LogP contribution in [0.1, 0.15) is 11.4 Å². The molecule has 0 radical (unpaired) electrons. The van der Waals surface area contributed by atoms with E-state index in [1.54, 1.807) is 27.8 Å². The summed E-state index contributed by atoms with van der Waals surface area (Å²) in [6, 6.07) is 11.8. The number of halogens is 1. The average Bonchev–Trinajstić information content (AvgIpc) is 3.42. The lowest BCUT2D eigenvalue weighted by Crippen LogP contribution is -2.02. The summed E-state index contributed by atoms with van der Waals surface area (Å²) in [4.78, 5) is 8.74. The second-order valence-electron chi connectivity index (χ2n) is 6.92. The largest absolute Gasteiger partial charge is 0.394 e. The standard InChI is InChI=1S/C21H17BrN8O/c22-17-11-23-21(24-12-17)15-3-1-2-14(8-15)9-20-27-26-19-5-4-18(28-30(19)20)16-10-25-29(13-16)6-7-31/h1-5,8,10-13,31H,6-7,9H2. The summed E-state index contributed by atoms with van der Waals surface area (Å²) in [5.41, 5.74) is 4.29. The van der Waals surface area contributed by atoms with Crippen LogP contribution in [0.25, 0.3) is 28.3 Å². The van der Waals surface area contributed by atoms with Crippen molar-refractivity contribution in [3.05, 3.63) is 77.0 Å². The van der Waals surface area contributed by atoms with Gasteiger partial charge < -0.3 is 5.11 Å². The lowest BCUT2D eigenvalue weighted by Gasteiger charge is -2.05. The third-order valence-electron chi connectivity index (χ3n) is 4.75. The molecule has 10 heteroatoms. The van der Waals surface area contributed by atoms with Gasteiger partial charge in [0.05, 0.1) is 29.5 Å². The van der Waals surface area contributed by atoms with Crippen LogP contribution in [0.4, 0.5) is 0 Å². The lowest BCUT2D eigenvalue weighted by molar-refractivity contribution is 0.269. The molecule has 0 bridgehead atoms. The van der Waals surface area contributed by atoms with Crippen LogP contribution >= 0.6 is 15.9 Å². The quantitative estimate of drug-likeness (QED) is 0.401. The molecule has 1 N–H and O–H groups in total. The van der Waals surface area contributed by atoms with Crippen molar-refractivity contribution < 1.29 is 5.11 Å². The Hall–Kier alpha value is -3.50. The summed E-state index contributed by atoms with van der Waals surface area (Å²) in [7, 11) is 0. The molecule has 4 heterocycles. The number of nitrogens with zero attached hydrogens (tertiary/aromatic N) is 8. The molecule has 0 saturated carbocycles. The van der Waals surface area contributed by atoms with Crippen molar-refractivity contribution in [1.82, 2.24) is 39.6 Å². The molecule has 0 atom stereocenters. The number of rotatable bonds is 6. The smallest absolute Gasteiger partial charge is 0.177 e.